The first-order chi connectivity index (χ1) is 30.1. The molecule has 294 valence electrons. The molecule has 0 radical (unpaired) electrons. The summed E-state index contributed by atoms with van der Waals surface area (Å²) in [5.41, 5.74) is 19.2. The van der Waals surface area contributed by atoms with E-state index in [4.69, 9.17) is 0 Å². The van der Waals surface area contributed by atoms with Crippen LogP contribution in [0.5, 0.6) is 0 Å². The lowest BCUT2D eigenvalue weighted by Gasteiger charge is -2.33. The van der Waals surface area contributed by atoms with Gasteiger partial charge in [0, 0.05) is 33.3 Å². The highest BCUT2D eigenvalue weighted by atomic mass is 16.2. The van der Waals surface area contributed by atoms with Crippen molar-refractivity contribution in [1.29, 1.82) is 0 Å². The minimum absolute atomic E-state index is 0.191. The zero-order chi connectivity index (χ0) is 41.9. The van der Waals surface area contributed by atoms with Crippen molar-refractivity contribution < 1.29 is 9.59 Å². The molecule has 3 heteroatoms. The van der Waals surface area contributed by atoms with Crippen LogP contribution in [0.1, 0.15) is 87.4 Å². The molecule has 0 aromatic heterocycles. The van der Waals surface area contributed by atoms with E-state index in [-0.39, 0.29) is 28.0 Å². The Morgan fingerprint density at radius 1 is 0.387 bits per heavy atom. The molecule has 0 fully saturated rings. The van der Waals surface area contributed by atoms with Crippen LogP contribution in [-0.2, 0) is 16.2 Å². The van der Waals surface area contributed by atoms with Gasteiger partial charge in [0.15, 0.2) is 11.6 Å². The monoisotopic (exact) mass is 795 g/mol. The third kappa shape index (κ3) is 4.25. The fraction of sp³-hybridized carbons (Fsp3) is 0.119. The quantitative estimate of drug-likeness (QED) is 0.129. The molecule has 0 saturated carbocycles. The maximum atomic E-state index is 14.4. The Labute approximate surface area is 361 Å². The van der Waals surface area contributed by atoms with Gasteiger partial charge in [-0.05, 0) is 132 Å². The first kappa shape index (κ1) is 35.4. The van der Waals surface area contributed by atoms with Crippen LogP contribution in [0.2, 0.25) is 0 Å². The van der Waals surface area contributed by atoms with E-state index in [2.05, 4.69) is 166 Å². The molecule has 0 amide bonds. The molecule has 0 unspecified atom stereocenters. The third-order valence-corrected chi connectivity index (χ3v) is 15.0. The van der Waals surface area contributed by atoms with Gasteiger partial charge in [-0.25, -0.2) is 0 Å². The fourth-order valence-electron chi connectivity index (χ4n) is 12.1. The Morgan fingerprint density at radius 2 is 0.839 bits per heavy atom. The Hall–Kier alpha value is -7.36. The van der Waals surface area contributed by atoms with Crippen LogP contribution in [-0.4, -0.2) is 11.6 Å². The van der Waals surface area contributed by atoms with E-state index in [9.17, 15) is 9.59 Å². The third-order valence-electron chi connectivity index (χ3n) is 15.0. The van der Waals surface area contributed by atoms with Gasteiger partial charge in [-0.1, -0.05) is 155 Å². The van der Waals surface area contributed by atoms with E-state index in [1.807, 2.05) is 42.5 Å². The van der Waals surface area contributed by atoms with E-state index >= 15 is 0 Å². The SMILES string of the molecule is CC1(C)c2ccccc2-c2ccc(N3/C(=C/C=C4C(=O)c5cc6ccccc6cc5C4=O)C4(c5ccccc5-c5ccccc54)c4cc5c(cc43)C(C)(C)c3ccccc3-5)cc21. The molecule has 1 aliphatic heterocycles. The molecule has 3 nitrogen and oxygen atoms in total. The van der Waals surface area contributed by atoms with Crippen molar-refractivity contribution in [2.24, 2.45) is 0 Å². The Bertz CT molecular complexity index is 3360. The number of nitrogens with zero attached hydrogens (tertiary/aromatic N) is 1. The van der Waals surface area contributed by atoms with Crippen LogP contribution in [0.3, 0.4) is 0 Å². The van der Waals surface area contributed by atoms with Crippen molar-refractivity contribution in [3.8, 4) is 33.4 Å². The highest BCUT2D eigenvalue weighted by molar-refractivity contribution is 6.40. The fourth-order valence-corrected chi connectivity index (χ4v) is 12.1. The Kier molecular flexibility index (Phi) is 6.81. The van der Waals surface area contributed by atoms with E-state index in [0.29, 0.717) is 11.1 Å². The number of hydrogen-bond acceptors (Lipinski definition) is 3. The molecule has 5 aliphatic rings. The highest BCUT2D eigenvalue weighted by Crippen LogP contribution is 2.66. The number of fused-ring (bicyclic) bond motifs is 15. The van der Waals surface area contributed by atoms with E-state index in [1.54, 1.807) is 0 Å². The molecule has 0 atom stereocenters. The summed E-state index contributed by atoms with van der Waals surface area (Å²) < 4.78 is 0. The smallest absolute Gasteiger partial charge is 0.197 e. The number of allylic oxidation sites excluding steroid dienone is 4. The maximum absolute atomic E-state index is 14.4. The van der Waals surface area contributed by atoms with Gasteiger partial charge in [-0.15, -0.1) is 0 Å². The normalized spacial score (nSPS) is 17.8. The van der Waals surface area contributed by atoms with E-state index in [0.717, 1.165) is 27.8 Å². The summed E-state index contributed by atoms with van der Waals surface area (Å²) in [4.78, 5) is 31.3. The molecule has 13 rings (SSSR count). The van der Waals surface area contributed by atoms with Gasteiger partial charge in [0.2, 0.25) is 0 Å². The minimum atomic E-state index is -0.778. The minimum Gasteiger partial charge on any atom is -0.312 e. The summed E-state index contributed by atoms with van der Waals surface area (Å²) in [5, 5.41) is 1.89. The van der Waals surface area contributed by atoms with Gasteiger partial charge < -0.3 is 4.90 Å². The number of anilines is 2. The predicted molar refractivity (Wildman–Crippen MR) is 251 cm³/mol. The number of Topliss-reactive ketones (excluding diaryl/α,β-unsaturated/α-hetero) is 2. The first-order valence-corrected chi connectivity index (χ1v) is 21.7. The van der Waals surface area contributed by atoms with Gasteiger partial charge in [-0.3, -0.25) is 9.59 Å². The lowest BCUT2D eigenvalue weighted by Crippen LogP contribution is -2.30. The molecule has 0 bridgehead atoms. The zero-order valence-electron chi connectivity index (χ0n) is 35.0. The molecule has 8 aromatic rings. The Balaban J connectivity index is 1.13. The summed E-state index contributed by atoms with van der Waals surface area (Å²) >= 11 is 0. The van der Waals surface area contributed by atoms with Gasteiger partial charge in [0.05, 0.1) is 16.7 Å². The summed E-state index contributed by atoms with van der Waals surface area (Å²) in [6, 6.07) is 58.8. The molecule has 1 heterocycles. The van der Waals surface area contributed by atoms with Gasteiger partial charge in [0.1, 0.15) is 0 Å². The second-order valence-corrected chi connectivity index (χ2v) is 18.7. The van der Waals surface area contributed by atoms with Crippen LogP contribution in [0, 0.1) is 0 Å². The van der Waals surface area contributed by atoms with Crippen LogP contribution < -0.4 is 4.90 Å². The largest absolute Gasteiger partial charge is 0.312 e. The highest BCUT2D eigenvalue weighted by Gasteiger charge is 2.56. The molecule has 8 aromatic carbocycles. The average Bonchev–Trinajstić information content (AvgIpc) is 3.98. The van der Waals surface area contributed by atoms with Crippen molar-refractivity contribution >= 4 is 33.7 Å². The molecule has 1 spiro atoms. The second kappa shape index (κ2) is 11.9. The summed E-state index contributed by atoms with van der Waals surface area (Å²) in [5.74, 6) is -0.462. The van der Waals surface area contributed by atoms with Gasteiger partial charge >= 0.3 is 0 Å². The second-order valence-electron chi connectivity index (χ2n) is 18.7. The van der Waals surface area contributed by atoms with Gasteiger partial charge in [0.25, 0.3) is 0 Å². The molecule has 0 saturated heterocycles. The van der Waals surface area contributed by atoms with Gasteiger partial charge in [-0.2, -0.15) is 0 Å². The maximum Gasteiger partial charge on any atom is 0.197 e. The Morgan fingerprint density at radius 3 is 1.40 bits per heavy atom. The average molecular weight is 796 g/mol. The van der Waals surface area contributed by atoms with Crippen molar-refractivity contribution in [2.75, 3.05) is 4.90 Å². The molecule has 4 aliphatic carbocycles. The van der Waals surface area contributed by atoms with Crippen LogP contribution >= 0.6 is 0 Å². The molecular weight excluding hydrogens is 755 g/mol. The summed E-state index contributed by atoms with van der Waals surface area (Å²) in [6.07, 6.45) is 3.93. The molecular formula is C59H41NO2. The van der Waals surface area contributed by atoms with E-state index in [1.165, 1.54) is 72.3 Å². The predicted octanol–water partition coefficient (Wildman–Crippen LogP) is 13.8. The number of carbonyl (C=O) groups excluding carboxylic acids is 2. The van der Waals surface area contributed by atoms with Crippen LogP contribution in [0.15, 0.2) is 187 Å². The summed E-state index contributed by atoms with van der Waals surface area (Å²) in [7, 11) is 0. The van der Waals surface area contributed by atoms with Crippen molar-refractivity contribution in [2.45, 2.75) is 43.9 Å². The lowest BCUT2D eigenvalue weighted by atomic mass is 9.70. The number of carbonyl (C=O) groups is 2. The lowest BCUT2D eigenvalue weighted by molar-refractivity contribution is 0.0988. The topological polar surface area (TPSA) is 37.4 Å². The zero-order valence-corrected chi connectivity index (χ0v) is 35.0. The van der Waals surface area contributed by atoms with Crippen LogP contribution in [0.4, 0.5) is 11.4 Å². The standard InChI is InChI=1S/C59H41NO2/c1-57(2)46-21-11-7-17-37(46)41-26-25-36(31-50(41)57)60-53-33-51-43(40-20-8-12-22-47(40)58(51,3)4)32-52(53)59(48-23-13-9-18-38(48)39-19-10-14-24-49(39)59)54(60)28-27-42-55(61)44-29-34-15-5-6-16-35(34)30-45(44)56(42)62/h5-33H,1-4H3/b54-28+. The summed E-state index contributed by atoms with van der Waals surface area (Å²) in [6.45, 7) is 9.34. The molecule has 0 N–H and O–H groups in total. The first-order valence-electron chi connectivity index (χ1n) is 21.7. The van der Waals surface area contributed by atoms with Crippen LogP contribution in [0.25, 0.3) is 44.2 Å². The van der Waals surface area contributed by atoms with Crippen molar-refractivity contribution in [3.05, 3.63) is 237 Å². The van der Waals surface area contributed by atoms with Crippen molar-refractivity contribution in [3.63, 3.8) is 0 Å². The number of hydrogen-bond donors (Lipinski definition) is 0. The van der Waals surface area contributed by atoms with Crippen molar-refractivity contribution in [1.82, 2.24) is 0 Å². The number of rotatable bonds is 2. The number of ketones is 2. The molecule has 62 heavy (non-hydrogen) atoms. The number of benzene rings is 8. The van der Waals surface area contributed by atoms with E-state index < -0.39 is 5.41 Å².